The zero-order valence-electron chi connectivity index (χ0n) is 11.6. The van der Waals surface area contributed by atoms with Crippen molar-refractivity contribution in [2.75, 3.05) is 33.2 Å². The van der Waals surface area contributed by atoms with Crippen molar-refractivity contribution in [3.05, 3.63) is 34.3 Å². The predicted molar refractivity (Wildman–Crippen MR) is 80.9 cm³/mol. The number of benzene rings is 1. The number of rotatable bonds is 3. The normalized spacial score (nSPS) is 20.7. The van der Waals surface area contributed by atoms with Gasteiger partial charge in [0.2, 0.25) is 0 Å². The molecule has 1 aromatic rings. The van der Waals surface area contributed by atoms with E-state index in [9.17, 15) is 5.26 Å². The highest BCUT2D eigenvalue weighted by Gasteiger charge is 2.33. The smallest absolute Gasteiger partial charge is 0.110 e. The molecule has 0 aliphatic carbocycles. The average molecular weight is 322 g/mol. The van der Waals surface area contributed by atoms with Gasteiger partial charge in [-0.1, -0.05) is 28.1 Å². The molecule has 102 valence electrons. The van der Waals surface area contributed by atoms with Crippen molar-refractivity contribution in [1.29, 1.82) is 5.26 Å². The van der Waals surface area contributed by atoms with E-state index in [1.807, 2.05) is 12.1 Å². The van der Waals surface area contributed by atoms with E-state index < -0.39 is 5.54 Å². The molecule has 2 rings (SSSR count). The maximum Gasteiger partial charge on any atom is 0.110 e. The van der Waals surface area contributed by atoms with E-state index in [2.05, 4.69) is 57.9 Å². The summed E-state index contributed by atoms with van der Waals surface area (Å²) < 4.78 is 1.08. The van der Waals surface area contributed by atoms with Crippen LogP contribution in [0.15, 0.2) is 28.7 Å². The molecule has 3 nitrogen and oxygen atoms in total. The van der Waals surface area contributed by atoms with Gasteiger partial charge < -0.3 is 4.90 Å². The minimum Gasteiger partial charge on any atom is -0.304 e. The zero-order valence-corrected chi connectivity index (χ0v) is 13.2. The molecule has 4 heteroatoms. The Kier molecular flexibility index (Phi) is 4.62. The topological polar surface area (TPSA) is 30.3 Å². The van der Waals surface area contributed by atoms with Crippen molar-refractivity contribution in [3.63, 3.8) is 0 Å². The molecule has 1 aliphatic rings. The molecule has 19 heavy (non-hydrogen) atoms. The lowest BCUT2D eigenvalue weighted by atomic mass is 9.91. The van der Waals surface area contributed by atoms with Crippen LogP contribution in [0.3, 0.4) is 0 Å². The molecule has 0 N–H and O–H groups in total. The van der Waals surface area contributed by atoms with Crippen molar-refractivity contribution in [1.82, 2.24) is 9.80 Å². The number of halogens is 1. The van der Waals surface area contributed by atoms with Gasteiger partial charge in [-0.25, -0.2) is 0 Å². The Morgan fingerprint density at radius 3 is 2.32 bits per heavy atom. The molecule has 0 amide bonds. The third-order valence-corrected chi connectivity index (χ3v) is 4.43. The van der Waals surface area contributed by atoms with Crippen LogP contribution >= 0.6 is 15.9 Å². The van der Waals surface area contributed by atoms with Gasteiger partial charge in [0.25, 0.3) is 0 Å². The summed E-state index contributed by atoms with van der Waals surface area (Å²) in [5.41, 5.74) is 0.806. The van der Waals surface area contributed by atoms with E-state index in [1.165, 1.54) is 5.56 Å². The number of piperazine rings is 1. The quantitative estimate of drug-likeness (QED) is 0.857. The average Bonchev–Trinajstić information content (AvgIpc) is 2.42. The van der Waals surface area contributed by atoms with Crippen molar-refractivity contribution < 1.29 is 0 Å². The summed E-state index contributed by atoms with van der Waals surface area (Å²) >= 11 is 3.44. The molecular formula is C15H20BrN3. The monoisotopic (exact) mass is 321 g/mol. The highest BCUT2D eigenvalue weighted by atomic mass is 79.9. The predicted octanol–water partition coefficient (Wildman–Crippen LogP) is 2.52. The van der Waals surface area contributed by atoms with Crippen LogP contribution in [-0.4, -0.2) is 48.6 Å². The van der Waals surface area contributed by atoms with E-state index in [-0.39, 0.29) is 0 Å². The molecule has 1 fully saturated rings. The first-order valence-corrected chi connectivity index (χ1v) is 7.42. The second-order valence-corrected chi connectivity index (χ2v) is 6.39. The van der Waals surface area contributed by atoms with Crippen LogP contribution in [0.5, 0.6) is 0 Å². The number of hydrogen-bond acceptors (Lipinski definition) is 3. The SMILES string of the molecule is CN1CCN(C(C)(C#N)Cc2ccc(Br)cc2)CC1. The molecule has 1 unspecified atom stereocenters. The fraction of sp³-hybridized carbons (Fsp3) is 0.533. The van der Waals surface area contributed by atoms with Crippen LogP contribution in [0.2, 0.25) is 0 Å². The second-order valence-electron chi connectivity index (χ2n) is 5.48. The van der Waals surface area contributed by atoms with Gasteiger partial charge in [-0.05, 0) is 31.7 Å². The van der Waals surface area contributed by atoms with Crippen LogP contribution in [-0.2, 0) is 6.42 Å². The van der Waals surface area contributed by atoms with Gasteiger partial charge >= 0.3 is 0 Å². The fourth-order valence-electron chi connectivity index (χ4n) is 2.52. The maximum atomic E-state index is 9.60. The van der Waals surface area contributed by atoms with Gasteiger partial charge in [0, 0.05) is 37.1 Å². The first-order valence-electron chi connectivity index (χ1n) is 6.63. The molecule has 1 aromatic carbocycles. The highest BCUT2D eigenvalue weighted by molar-refractivity contribution is 9.10. The van der Waals surface area contributed by atoms with E-state index in [0.29, 0.717) is 0 Å². The summed E-state index contributed by atoms with van der Waals surface area (Å²) in [4.78, 5) is 4.63. The summed E-state index contributed by atoms with van der Waals surface area (Å²) in [5, 5.41) is 9.60. The van der Waals surface area contributed by atoms with E-state index in [0.717, 1.165) is 37.1 Å². The van der Waals surface area contributed by atoms with Gasteiger partial charge in [-0.2, -0.15) is 5.26 Å². The molecule has 1 aliphatic heterocycles. The number of nitriles is 1. The fourth-order valence-corrected chi connectivity index (χ4v) is 2.79. The van der Waals surface area contributed by atoms with Gasteiger partial charge in [-0.3, -0.25) is 4.90 Å². The van der Waals surface area contributed by atoms with Gasteiger partial charge in [0.15, 0.2) is 0 Å². The minimum atomic E-state index is -0.408. The zero-order chi connectivity index (χ0) is 13.9. The lowest BCUT2D eigenvalue weighted by Gasteiger charge is -2.41. The van der Waals surface area contributed by atoms with Crippen LogP contribution < -0.4 is 0 Å². The first kappa shape index (κ1) is 14.5. The first-order chi connectivity index (χ1) is 9.03. The third kappa shape index (κ3) is 3.56. The summed E-state index contributed by atoms with van der Waals surface area (Å²) in [7, 11) is 2.13. The Morgan fingerprint density at radius 2 is 1.79 bits per heavy atom. The van der Waals surface area contributed by atoms with Gasteiger partial charge in [0.05, 0.1) is 6.07 Å². The molecule has 0 bridgehead atoms. The Labute approximate surface area is 123 Å². The molecule has 0 spiro atoms. The molecule has 0 aromatic heterocycles. The Morgan fingerprint density at radius 1 is 1.21 bits per heavy atom. The number of nitrogens with zero attached hydrogens (tertiary/aromatic N) is 3. The van der Waals surface area contributed by atoms with Crippen LogP contribution in [0.1, 0.15) is 12.5 Å². The van der Waals surface area contributed by atoms with Crippen LogP contribution in [0.4, 0.5) is 0 Å². The number of likely N-dealkylation sites (N-methyl/N-ethyl adjacent to an activating group) is 1. The van der Waals surface area contributed by atoms with E-state index >= 15 is 0 Å². The minimum absolute atomic E-state index is 0.408. The van der Waals surface area contributed by atoms with E-state index in [1.54, 1.807) is 0 Å². The molecule has 1 saturated heterocycles. The highest BCUT2D eigenvalue weighted by Crippen LogP contribution is 2.23. The maximum absolute atomic E-state index is 9.60. The molecule has 0 saturated carbocycles. The van der Waals surface area contributed by atoms with Crippen molar-refractivity contribution in [2.45, 2.75) is 18.9 Å². The molecule has 1 heterocycles. The summed E-state index contributed by atoms with van der Waals surface area (Å²) in [6.45, 7) is 6.07. The lowest BCUT2D eigenvalue weighted by molar-refractivity contribution is 0.0835. The van der Waals surface area contributed by atoms with Gasteiger partial charge in [-0.15, -0.1) is 0 Å². The molecular weight excluding hydrogens is 302 g/mol. The molecule has 0 radical (unpaired) electrons. The standard InChI is InChI=1S/C15H20BrN3/c1-15(12-17,19-9-7-18(2)8-10-19)11-13-3-5-14(16)6-4-13/h3-6H,7-11H2,1-2H3. The van der Waals surface area contributed by atoms with E-state index in [4.69, 9.17) is 0 Å². The van der Waals surface area contributed by atoms with Crippen molar-refractivity contribution in [2.24, 2.45) is 0 Å². The van der Waals surface area contributed by atoms with Crippen LogP contribution in [0.25, 0.3) is 0 Å². The van der Waals surface area contributed by atoms with Crippen molar-refractivity contribution >= 4 is 15.9 Å². The Balaban J connectivity index is 2.09. The summed E-state index contributed by atoms with van der Waals surface area (Å²) in [6.07, 6.45) is 0.778. The lowest BCUT2D eigenvalue weighted by Crippen LogP contribution is -2.55. The second kappa shape index (κ2) is 6.04. The Bertz CT molecular complexity index is 457. The van der Waals surface area contributed by atoms with Crippen molar-refractivity contribution in [3.8, 4) is 6.07 Å². The van der Waals surface area contributed by atoms with Gasteiger partial charge in [0.1, 0.15) is 5.54 Å². The third-order valence-electron chi connectivity index (χ3n) is 3.90. The molecule has 1 atom stereocenters. The summed E-state index contributed by atoms with van der Waals surface area (Å²) in [6, 6.07) is 10.8. The largest absolute Gasteiger partial charge is 0.304 e. The van der Waals surface area contributed by atoms with Crippen LogP contribution in [0, 0.1) is 11.3 Å². The summed E-state index contributed by atoms with van der Waals surface area (Å²) in [5.74, 6) is 0. The Hall–Kier alpha value is -0.890. The number of hydrogen-bond donors (Lipinski definition) is 0.